The maximum Gasteiger partial charge on any atom is 0.335 e. The lowest BCUT2D eigenvalue weighted by molar-refractivity contribution is -0.120. The van der Waals surface area contributed by atoms with Crippen LogP contribution in [0.15, 0.2) is 42.5 Å². The van der Waals surface area contributed by atoms with Gasteiger partial charge in [0.2, 0.25) is 5.91 Å². The average Bonchev–Trinajstić information content (AvgIpc) is 2.94. The Morgan fingerprint density at radius 1 is 1.17 bits per heavy atom. The number of hydrogen-bond donors (Lipinski definition) is 3. The monoisotopic (exact) mass is 342 g/mol. The van der Waals surface area contributed by atoms with Crippen LogP contribution in [0, 0.1) is 0 Å². The molecule has 0 saturated carbocycles. The number of hydrogen-bond acceptors (Lipinski definition) is 5. The van der Waals surface area contributed by atoms with Crippen molar-refractivity contribution < 1.29 is 19.8 Å². The standard InChI is InChI=1S/C17H14N2O4S/c20-12-4-5-14-13(7-12)19-16(24-14)8-15(21)18-9-10-2-1-3-11(6-10)17(22)23/h1-7,20H,8-9H2,(H,18,21)(H,22,23). The van der Waals surface area contributed by atoms with Gasteiger partial charge in [0.25, 0.3) is 0 Å². The minimum atomic E-state index is -0.999. The Bertz CT molecular complexity index is 920. The number of nitrogens with zero attached hydrogens (tertiary/aromatic N) is 1. The van der Waals surface area contributed by atoms with Gasteiger partial charge in [-0.1, -0.05) is 12.1 Å². The number of benzene rings is 2. The Hall–Kier alpha value is -2.93. The third-order valence-electron chi connectivity index (χ3n) is 3.39. The van der Waals surface area contributed by atoms with Crippen LogP contribution in [-0.4, -0.2) is 27.1 Å². The van der Waals surface area contributed by atoms with Crippen LogP contribution in [0.1, 0.15) is 20.9 Å². The molecule has 1 aromatic heterocycles. The number of thiazole rings is 1. The lowest BCUT2D eigenvalue weighted by Gasteiger charge is -2.05. The second kappa shape index (κ2) is 6.67. The summed E-state index contributed by atoms with van der Waals surface area (Å²) in [6.07, 6.45) is 0.138. The molecule has 0 aliphatic rings. The number of aromatic carboxylic acids is 1. The zero-order valence-electron chi connectivity index (χ0n) is 12.5. The molecule has 0 saturated heterocycles. The highest BCUT2D eigenvalue weighted by Gasteiger charge is 2.10. The molecule has 3 rings (SSSR count). The van der Waals surface area contributed by atoms with Crippen molar-refractivity contribution in [2.75, 3.05) is 0 Å². The fourth-order valence-corrected chi connectivity index (χ4v) is 3.20. The molecule has 1 amide bonds. The van der Waals surface area contributed by atoms with E-state index in [0.717, 1.165) is 10.3 Å². The highest BCUT2D eigenvalue weighted by atomic mass is 32.1. The Labute approximate surface area is 141 Å². The minimum Gasteiger partial charge on any atom is -0.508 e. The molecule has 1 heterocycles. The molecule has 0 spiro atoms. The molecular formula is C17H14N2O4S. The van der Waals surface area contributed by atoms with Gasteiger partial charge in [0.1, 0.15) is 10.8 Å². The molecule has 122 valence electrons. The molecule has 0 bridgehead atoms. The van der Waals surface area contributed by atoms with Crippen LogP contribution in [0.4, 0.5) is 0 Å². The van der Waals surface area contributed by atoms with Crippen LogP contribution in [0.3, 0.4) is 0 Å². The largest absolute Gasteiger partial charge is 0.508 e. The van der Waals surface area contributed by atoms with E-state index in [0.29, 0.717) is 10.5 Å². The van der Waals surface area contributed by atoms with Crippen LogP contribution < -0.4 is 5.32 Å². The van der Waals surface area contributed by atoms with Crippen LogP contribution in [0.25, 0.3) is 10.2 Å². The predicted molar refractivity (Wildman–Crippen MR) is 90.2 cm³/mol. The quantitative estimate of drug-likeness (QED) is 0.662. The van der Waals surface area contributed by atoms with Crippen molar-refractivity contribution in [3.63, 3.8) is 0 Å². The van der Waals surface area contributed by atoms with Crippen molar-refractivity contribution in [2.45, 2.75) is 13.0 Å². The SMILES string of the molecule is O=C(Cc1nc2cc(O)ccc2s1)NCc1cccc(C(=O)O)c1. The molecule has 0 radical (unpaired) electrons. The number of phenols is 1. The van der Waals surface area contributed by atoms with Gasteiger partial charge in [-0.25, -0.2) is 9.78 Å². The number of rotatable bonds is 5. The number of aromatic nitrogens is 1. The summed E-state index contributed by atoms with van der Waals surface area (Å²) in [5, 5.41) is 21.8. The zero-order valence-corrected chi connectivity index (χ0v) is 13.3. The van der Waals surface area contributed by atoms with Crippen molar-refractivity contribution in [3.05, 3.63) is 58.6 Å². The maximum absolute atomic E-state index is 12.0. The van der Waals surface area contributed by atoms with Gasteiger partial charge in [0.15, 0.2) is 0 Å². The van der Waals surface area contributed by atoms with Gasteiger partial charge >= 0.3 is 5.97 Å². The van der Waals surface area contributed by atoms with Gasteiger partial charge in [-0.15, -0.1) is 11.3 Å². The first kappa shape index (κ1) is 15.9. The van der Waals surface area contributed by atoms with Crippen molar-refractivity contribution >= 4 is 33.4 Å². The second-order valence-corrected chi connectivity index (χ2v) is 6.33. The fraction of sp³-hybridized carbons (Fsp3) is 0.118. The summed E-state index contributed by atoms with van der Waals surface area (Å²) in [5.41, 5.74) is 1.57. The van der Waals surface area contributed by atoms with Crippen molar-refractivity contribution in [3.8, 4) is 5.75 Å². The summed E-state index contributed by atoms with van der Waals surface area (Å²) in [6, 6.07) is 11.3. The number of carboxylic acids is 1. The molecule has 0 atom stereocenters. The van der Waals surface area contributed by atoms with Crippen LogP contribution in [-0.2, 0) is 17.8 Å². The summed E-state index contributed by atoms with van der Waals surface area (Å²) in [4.78, 5) is 27.3. The van der Waals surface area contributed by atoms with Gasteiger partial charge in [0.05, 0.1) is 22.2 Å². The summed E-state index contributed by atoms with van der Waals surface area (Å²) in [5.74, 6) is -1.05. The number of phenolic OH excluding ortho intramolecular Hbond substituents is 1. The summed E-state index contributed by atoms with van der Waals surface area (Å²) in [6.45, 7) is 0.256. The van der Waals surface area contributed by atoms with Crippen molar-refractivity contribution in [2.24, 2.45) is 0 Å². The topological polar surface area (TPSA) is 99.5 Å². The fourth-order valence-electron chi connectivity index (χ4n) is 2.25. The number of amides is 1. The first-order valence-electron chi connectivity index (χ1n) is 7.18. The van der Waals surface area contributed by atoms with Crippen LogP contribution in [0.5, 0.6) is 5.75 Å². The molecule has 0 fully saturated rings. The normalized spacial score (nSPS) is 10.7. The highest BCUT2D eigenvalue weighted by Crippen LogP contribution is 2.25. The van der Waals surface area contributed by atoms with Gasteiger partial charge in [0, 0.05) is 12.6 Å². The van der Waals surface area contributed by atoms with E-state index in [1.165, 1.54) is 23.5 Å². The predicted octanol–water partition coefficient (Wildman–Crippen LogP) is 2.56. The highest BCUT2D eigenvalue weighted by molar-refractivity contribution is 7.18. The third-order valence-corrected chi connectivity index (χ3v) is 4.43. The molecule has 24 heavy (non-hydrogen) atoms. The van der Waals surface area contributed by atoms with E-state index in [4.69, 9.17) is 5.11 Å². The first-order valence-corrected chi connectivity index (χ1v) is 8.00. The lowest BCUT2D eigenvalue weighted by Crippen LogP contribution is -2.24. The maximum atomic E-state index is 12.0. The number of carboxylic acid groups (broad SMARTS) is 1. The van der Waals surface area contributed by atoms with Gasteiger partial charge in [-0.05, 0) is 29.8 Å². The third kappa shape index (κ3) is 3.69. The molecular weight excluding hydrogens is 328 g/mol. The number of fused-ring (bicyclic) bond motifs is 1. The molecule has 0 aliphatic carbocycles. The molecule has 0 aliphatic heterocycles. The number of aromatic hydroxyl groups is 1. The van der Waals surface area contributed by atoms with Gasteiger partial charge < -0.3 is 15.5 Å². The minimum absolute atomic E-state index is 0.138. The van der Waals surface area contributed by atoms with Gasteiger partial charge in [-0.2, -0.15) is 0 Å². The number of carbonyl (C=O) groups is 2. The summed E-state index contributed by atoms with van der Waals surface area (Å²) >= 11 is 1.40. The van der Waals surface area contributed by atoms with E-state index >= 15 is 0 Å². The molecule has 0 unspecified atom stereocenters. The summed E-state index contributed by atoms with van der Waals surface area (Å²) in [7, 11) is 0. The average molecular weight is 342 g/mol. The Balaban J connectivity index is 1.62. The Kier molecular flexibility index (Phi) is 4.43. The smallest absolute Gasteiger partial charge is 0.335 e. The molecule has 3 aromatic rings. The lowest BCUT2D eigenvalue weighted by atomic mass is 10.1. The van der Waals surface area contributed by atoms with Gasteiger partial charge in [-0.3, -0.25) is 4.79 Å². The van der Waals surface area contributed by atoms with Crippen LogP contribution in [0.2, 0.25) is 0 Å². The van der Waals surface area contributed by atoms with Crippen LogP contribution >= 0.6 is 11.3 Å². The molecule has 7 heteroatoms. The van der Waals surface area contributed by atoms with Crippen molar-refractivity contribution in [1.29, 1.82) is 0 Å². The van der Waals surface area contributed by atoms with E-state index in [2.05, 4.69) is 10.3 Å². The number of carbonyl (C=O) groups excluding carboxylic acids is 1. The Morgan fingerprint density at radius 2 is 2.00 bits per heavy atom. The first-order chi connectivity index (χ1) is 11.5. The van der Waals surface area contributed by atoms with E-state index in [1.807, 2.05) is 0 Å². The van der Waals surface area contributed by atoms with E-state index < -0.39 is 5.97 Å². The molecule has 2 aromatic carbocycles. The summed E-state index contributed by atoms with van der Waals surface area (Å²) < 4.78 is 0.907. The Morgan fingerprint density at radius 3 is 2.79 bits per heavy atom. The zero-order chi connectivity index (χ0) is 17.1. The van der Waals surface area contributed by atoms with E-state index in [1.54, 1.807) is 30.3 Å². The number of nitrogens with one attached hydrogen (secondary N) is 1. The van der Waals surface area contributed by atoms with E-state index in [-0.39, 0.29) is 30.2 Å². The second-order valence-electron chi connectivity index (χ2n) is 5.22. The van der Waals surface area contributed by atoms with Crippen molar-refractivity contribution in [1.82, 2.24) is 10.3 Å². The molecule has 3 N–H and O–H groups in total. The molecule has 6 nitrogen and oxygen atoms in total. The van der Waals surface area contributed by atoms with E-state index in [9.17, 15) is 14.7 Å².